The molecule has 1 aromatic heterocycles. The lowest BCUT2D eigenvalue weighted by Crippen LogP contribution is -2.21. The van der Waals surface area contributed by atoms with Crippen molar-refractivity contribution in [2.75, 3.05) is 11.4 Å². The van der Waals surface area contributed by atoms with Crippen molar-refractivity contribution in [2.24, 2.45) is 5.14 Å². The molecule has 0 saturated carbocycles. The van der Waals surface area contributed by atoms with Gasteiger partial charge in [-0.05, 0) is 66.4 Å². The molecule has 2 heterocycles. The predicted molar refractivity (Wildman–Crippen MR) is 139 cm³/mol. The van der Waals surface area contributed by atoms with E-state index in [0.717, 1.165) is 17.3 Å². The topological polar surface area (TPSA) is 105 Å². The fourth-order valence-electron chi connectivity index (χ4n) is 4.72. The Morgan fingerprint density at radius 3 is 2.53 bits per heavy atom. The number of aromatic nitrogens is 2. The van der Waals surface area contributed by atoms with Crippen LogP contribution in [-0.4, -0.2) is 30.5 Å². The molecule has 0 saturated heterocycles. The molecule has 7 nitrogen and oxygen atoms in total. The largest absolute Gasteiger partial charge is 0.435 e. The first-order chi connectivity index (χ1) is 17.9. The Morgan fingerprint density at radius 2 is 1.82 bits per heavy atom. The second-order valence-corrected chi connectivity index (χ2v) is 10.7. The first-order valence-electron chi connectivity index (χ1n) is 11.7. The smallest absolute Gasteiger partial charge is 0.365 e. The van der Waals surface area contributed by atoms with Gasteiger partial charge in [0.05, 0.1) is 22.8 Å². The van der Waals surface area contributed by atoms with Crippen LogP contribution in [0.5, 0.6) is 0 Å². The van der Waals surface area contributed by atoms with Gasteiger partial charge in [0.15, 0.2) is 5.69 Å². The molecule has 1 aliphatic heterocycles. The molecule has 196 valence electrons. The summed E-state index contributed by atoms with van der Waals surface area (Å²) in [7, 11) is -3.92. The summed E-state index contributed by atoms with van der Waals surface area (Å²) in [6.07, 6.45) is -3.97. The summed E-state index contributed by atoms with van der Waals surface area (Å²) < 4.78 is 66.2. The van der Waals surface area contributed by atoms with Crippen molar-refractivity contribution in [2.45, 2.75) is 31.0 Å². The maximum Gasteiger partial charge on any atom is 0.435 e. The molecule has 0 amide bonds. The number of nitrogens with two attached hydrogens (primary N) is 1. The highest BCUT2D eigenvalue weighted by molar-refractivity contribution is 7.89. The zero-order chi connectivity index (χ0) is 27.2. The summed E-state index contributed by atoms with van der Waals surface area (Å²) in [5.41, 5.74) is 3.69. The molecule has 0 fully saturated rings. The van der Waals surface area contributed by atoms with Gasteiger partial charge in [-0.2, -0.15) is 18.3 Å². The van der Waals surface area contributed by atoms with E-state index in [9.17, 15) is 21.6 Å². The van der Waals surface area contributed by atoms with Gasteiger partial charge in [-0.15, -0.1) is 0 Å². The highest BCUT2D eigenvalue weighted by atomic mass is 32.2. The number of sulfonamides is 1. The maximum atomic E-state index is 13.6. The fraction of sp³-hybridized carbons (Fsp3) is 0.185. The first-order valence-corrected chi connectivity index (χ1v) is 13.3. The first kappa shape index (κ1) is 25.7. The summed E-state index contributed by atoms with van der Waals surface area (Å²) in [5.74, 6) is 0. The number of nitrogens with one attached hydrogen (secondary N) is 1. The summed E-state index contributed by atoms with van der Waals surface area (Å²) in [5, 5.41) is 17.1. The lowest BCUT2D eigenvalue weighted by molar-refractivity contribution is -0.141. The van der Waals surface area contributed by atoms with Crippen LogP contribution in [0.25, 0.3) is 16.8 Å². The van der Waals surface area contributed by atoms with Crippen molar-refractivity contribution in [1.29, 1.82) is 5.41 Å². The van der Waals surface area contributed by atoms with Gasteiger partial charge >= 0.3 is 6.18 Å². The van der Waals surface area contributed by atoms with Crippen LogP contribution in [0, 0.1) is 5.41 Å². The van der Waals surface area contributed by atoms with Crippen LogP contribution in [0.2, 0.25) is 0 Å². The van der Waals surface area contributed by atoms with Gasteiger partial charge in [-0.1, -0.05) is 36.4 Å². The van der Waals surface area contributed by atoms with Gasteiger partial charge in [0.25, 0.3) is 0 Å². The van der Waals surface area contributed by atoms with E-state index in [4.69, 9.17) is 10.5 Å². The normalized spacial score (nSPS) is 13.6. The summed E-state index contributed by atoms with van der Waals surface area (Å²) in [4.78, 5) is 2.00. The SMILES string of the molecule is CC(=N)c1cccc(-n2nc(C(F)(F)F)cc2CN2CCc3cc(-c4ccccc4S(N)(=O)=O)ccc32)c1. The van der Waals surface area contributed by atoms with Crippen LogP contribution in [0.15, 0.2) is 77.7 Å². The summed E-state index contributed by atoms with van der Waals surface area (Å²) >= 11 is 0. The number of hydrogen-bond donors (Lipinski definition) is 2. The number of nitrogens with zero attached hydrogens (tertiary/aromatic N) is 3. The number of fused-ring (bicyclic) bond motifs is 1. The maximum absolute atomic E-state index is 13.6. The minimum Gasteiger partial charge on any atom is -0.365 e. The predicted octanol–water partition coefficient (Wildman–Crippen LogP) is 5.16. The molecule has 4 aromatic rings. The monoisotopic (exact) mass is 539 g/mol. The van der Waals surface area contributed by atoms with E-state index in [1.165, 1.54) is 10.7 Å². The van der Waals surface area contributed by atoms with E-state index in [1.807, 2.05) is 17.0 Å². The van der Waals surface area contributed by atoms with Gasteiger partial charge in [-0.3, -0.25) is 0 Å². The Bertz CT molecular complexity index is 1660. The molecule has 5 rings (SSSR count). The number of rotatable bonds is 6. The molecule has 0 spiro atoms. The standard InChI is InChI=1S/C27H24F3N5O2S/c1-17(31)18-5-4-6-21(14-18)35-22(15-26(33-35)27(28,29)30)16-34-12-11-20-13-19(9-10-24(20)34)23-7-2-3-8-25(23)38(32,36)37/h2-10,13-15,31H,11-12,16H2,1H3,(H2,32,36,37). The lowest BCUT2D eigenvalue weighted by Gasteiger charge is -2.20. The number of primary sulfonamides is 1. The number of halogens is 3. The third kappa shape index (κ3) is 4.94. The molecule has 3 aromatic carbocycles. The van der Waals surface area contributed by atoms with Gasteiger partial charge in [0.1, 0.15) is 0 Å². The quantitative estimate of drug-likeness (QED) is 0.331. The van der Waals surface area contributed by atoms with Crippen molar-refractivity contribution in [1.82, 2.24) is 9.78 Å². The lowest BCUT2D eigenvalue weighted by atomic mass is 10.0. The molecule has 38 heavy (non-hydrogen) atoms. The van der Waals surface area contributed by atoms with E-state index < -0.39 is 21.9 Å². The van der Waals surface area contributed by atoms with Crippen LogP contribution >= 0.6 is 0 Å². The van der Waals surface area contributed by atoms with Crippen LogP contribution in [0.3, 0.4) is 0 Å². The van der Waals surface area contributed by atoms with Crippen LogP contribution in [0.1, 0.15) is 29.4 Å². The molecule has 0 aliphatic carbocycles. The highest BCUT2D eigenvalue weighted by Crippen LogP contribution is 2.36. The average Bonchev–Trinajstić information content (AvgIpc) is 3.48. The van der Waals surface area contributed by atoms with Crippen molar-refractivity contribution in [3.8, 4) is 16.8 Å². The van der Waals surface area contributed by atoms with Crippen molar-refractivity contribution >= 4 is 21.4 Å². The molecule has 0 unspecified atom stereocenters. The molecule has 0 bridgehead atoms. The highest BCUT2D eigenvalue weighted by Gasteiger charge is 2.35. The van der Waals surface area contributed by atoms with Crippen molar-refractivity contribution in [3.05, 3.63) is 95.3 Å². The van der Waals surface area contributed by atoms with Gasteiger partial charge in [-0.25, -0.2) is 18.2 Å². The minimum atomic E-state index is -4.61. The molecular formula is C27H24F3N5O2S. The number of hydrogen-bond acceptors (Lipinski definition) is 5. The van der Waals surface area contributed by atoms with Crippen LogP contribution in [0.4, 0.5) is 18.9 Å². The third-order valence-corrected chi connectivity index (χ3v) is 7.50. The number of anilines is 1. The average molecular weight is 540 g/mol. The Morgan fingerprint density at radius 1 is 1.05 bits per heavy atom. The molecular weight excluding hydrogens is 515 g/mol. The third-order valence-electron chi connectivity index (χ3n) is 6.53. The van der Waals surface area contributed by atoms with E-state index in [2.05, 4.69) is 5.10 Å². The van der Waals surface area contributed by atoms with Crippen LogP contribution in [-0.2, 0) is 29.2 Å². The Balaban J connectivity index is 1.51. The van der Waals surface area contributed by atoms with Gasteiger partial charge in [0, 0.05) is 23.5 Å². The second-order valence-electron chi connectivity index (χ2n) is 9.16. The van der Waals surface area contributed by atoms with Crippen molar-refractivity contribution < 1.29 is 21.6 Å². The molecule has 1 aliphatic rings. The summed E-state index contributed by atoms with van der Waals surface area (Å²) in [6, 6.07) is 19.8. The molecule has 3 N–H and O–H groups in total. The van der Waals surface area contributed by atoms with Gasteiger partial charge in [0.2, 0.25) is 10.0 Å². The number of alkyl halides is 3. The number of benzene rings is 3. The van der Waals surface area contributed by atoms with Gasteiger partial charge < -0.3 is 10.3 Å². The Hall–Kier alpha value is -3.96. The molecule has 0 radical (unpaired) electrons. The summed E-state index contributed by atoms with van der Waals surface area (Å²) in [6.45, 7) is 2.36. The van der Waals surface area contributed by atoms with E-state index >= 15 is 0 Å². The molecule has 0 atom stereocenters. The minimum absolute atomic E-state index is 0.0285. The van der Waals surface area contributed by atoms with E-state index in [-0.39, 0.29) is 11.4 Å². The van der Waals surface area contributed by atoms with Crippen molar-refractivity contribution in [3.63, 3.8) is 0 Å². The zero-order valence-electron chi connectivity index (χ0n) is 20.3. The Kier molecular flexibility index (Phi) is 6.36. The van der Waals surface area contributed by atoms with E-state index in [1.54, 1.807) is 55.5 Å². The van der Waals surface area contributed by atoms with E-state index in [0.29, 0.717) is 46.7 Å². The molecule has 11 heteroatoms. The second kappa shape index (κ2) is 9.41. The van der Waals surface area contributed by atoms with Crippen LogP contribution < -0.4 is 10.0 Å². The Labute approximate surface area is 217 Å². The fourth-order valence-corrected chi connectivity index (χ4v) is 5.48. The zero-order valence-corrected chi connectivity index (χ0v) is 21.1.